The van der Waals surface area contributed by atoms with Crippen LogP contribution in [-0.2, 0) is 6.54 Å². The van der Waals surface area contributed by atoms with E-state index in [-0.39, 0.29) is 5.69 Å². The largest absolute Gasteiger partial charge is 0.492 e. The van der Waals surface area contributed by atoms with Crippen molar-refractivity contribution < 1.29 is 9.53 Å². The van der Waals surface area contributed by atoms with E-state index in [1.165, 1.54) is 10.9 Å². The number of carbonyl (C=O) groups is 1. The van der Waals surface area contributed by atoms with Crippen LogP contribution in [0.3, 0.4) is 0 Å². The predicted molar refractivity (Wildman–Crippen MR) is 73.6 cm³/mol. The van der Waals surface area contributed by atoms with Crippen LogP contribution in [0, 0.1) is 0 Å². The van der Waals surface area contributed by atoms with Crippen molar-refractivity contribution in [3.05, 3.63) is 40.1 Å². The molecule has 3 N–H and O–H groups in total. The molecule has 0 saturated heterocycles. The van der Waals surface area contributed by atoms with Crippen molar-refractivity contribution >= 4 is 29.1 Å². The Morgan fingerprint density at radius 1 is 1.35 bits per heavy atom. The molecule has 0 radical (unpaired) electrons. The quantitative estimate of drug-likeness (QED) is 0.492. The molecule has 0 atom stereocenters. The van der Waals surface area contributed by atoms with Gasteiger partial charge in [-0.05, 0) is 18.2 Å². The monoisotopic (exact) mass is 315 g/mol. The number of nitrogens with zero attached hydrogens (tertiary/aromatic N) is 3. The first-order chi connectivity index (χ1) is 9.58. The average Bonchev–Trinajstić information content (AvgIpc) is 2.85. The molecule has 20 heavy (non-hydrogen) atoms. The summed E-state index contributed by atoms with van der Waals surface area (Å²) in [6.45, 7) is 0.735. The fourth-order valence-electron chi connectivity index (χ4n) is 1.45. The molecule has 0 aliphatic carbocycles. The van der Waals surface area contributed by atoms with E-state index >= 15 is 0 Å². The van der Waals surface area contributed by atoms with Crippen LogP contribution >= 0.6 is 23.2 Å². The highest BCUT2D eigenvalue weighted by molar-refractivity contribution is 6.34. The van der Waals surface area contributed by atoms with E-state index in [1.54, 1.807) is 18.2 Å². The maximum atomic E-state index is 11.2. The number of hydrogen-bond acceptors (Lipinski definition) is 5. The van der Waals surface area contributed by atoms with Gasteiger partial charge in [-0.2, -0.15) is 0 Å². The second-order valence-corrected chi connectivity index (χ2v) is 4.67. The van der Waals surface area contributed by atoms with Gasteiger partial charge in [-0.3, -0.25) is 10.2 Å². The normalized spacial score (nSPS) is 10.3. The van der Waals surface area contributed by atoms with Crippen molar-refractivity contribution in [1.29, 1.82) is 0 Å². The summed E-state index contributed by atoms with van der Waals surface area (Å²) in [5.41, 5.74) is 2.11. The second-order valence-electron chi connectivity index (χ2n) is 3.79. The molecule has 0 fully saturated rings. The number of ether oxygens (including phenoxy) is 1. The number of halogens is 2. The molecule has 9 heteroatoms. The van der Waals surface area contributed by atoms with Crippen molar-refractivity contribution in [2.45, 2.75) is 6.54 Å². The lowest BCUT2D eigenvalue weighted by atomic mass is 10.3. The van der Waals surface area contributed by atoms with Crippen LogP contribution in [0.25, 0.3) is 0 Å². The van der Waals surface area contributed by atoms with Crippen LogP contribution in [-0.4, -0.2) is 27.5 Å². The first-order valence-corrected chi connectivity index (χ1v) is 6.34. The summed E-state index contributed by atoms with van der Waals surface area (Å²) in [6, 6.07) is 4.93. The summed E-state index contributed by atoms with van der Waals surface area (Å²) in [5.74, 6) is 5.05. The molecule has 0 spiro atoms. The smallest absolute Gasteiger partial charge is 0.287 e. The summed E-state index contributed by atoms with van der Waals surface area (Å²) >= 11 is 11.7. The number of rotatable bonds is 5. The Morgan fingerprint density at radius 2 is 2.05 bits per heavy atom. The zero-order chi connectivity index (χ0) is 14.5. The lowest BCUT2D eigenvalue weighted by molar-refractivity contribution is 0.0948. The predicted octanol–water partition coefficient (Wildman–Crippen LogP) is 1.27. The Hall–Kier alpha value is -1.83. The molecule has 1 heterocycles. The van der Waals surface area contributed by atoms with E-state index in [0.717, 1.165) is 0 Å². The van der Waals surface area contributed by atoms with E-state index in [2.05, 4.69) is 10.3 Å². The Bertz CT molecular complexity index is 596. The summed E-state index contributed by atoms with van der Waals surface area (Å²) in [7, 11) is 0. The molecule has 1 aromatic carbocycles. The van der Waals surface area contributed by atoms with Gasteiger partial charge < -0.3 is 4.74 Å². The number of nitrogens with one attached hydrogen (secondary N) is 1. The highest BCUT2D eigenvalue weighted by atomic mass is 35.5. The average molecular weight is 316 g/mol. The Morgan fingerprint density at radius 3 is 2.70 bits per heavy atom. The van der Waals surface area contributed by atoms with Crippen LogP contribution in [0.5, 0.6) is 5.75 Å². The summed E-state index contributed by atoms with van der Waals surface area (Å²) in [6.07, 6.45) is 1.47. The highest BCUT2D eigenvalue weighted by Gasteiger charge is 2.08. The molecule has 7 nitrogen and oxygen atoms in total. The van der Waals surface area contributed by atoms with E-state index in [0.29, 0.717) is 28.9 Å². The van der Waals surface area contributed by atoms with E-state index < -0.39 is 5.91 Å². The molecular weight excluding hydrogens is 305 g/mol. The topological polar surface area (TPSA) is 95.1 Å². The molecule has 0 bridgehead atoms. The van der Waals surface area contributed by atoms with E-state index in [9.17, 15) is 4.79 Å². The van der Waals surface area contributed by atoms with Gasteiger partial charge in [0.2, 0.25) is 0 Å². The van der Waals surface area contributed by atoms with Gasteiger partial charge in [-0.25, -0.2) is 10.5 Å². The Labute approximate surface area is 124 Å². The van der Waals surface area contributed by atoms with Crippen LogP contribution in [0.2, 0.25) is 10.0 Å². The lowest BCUT2D eigenvalue weighted by Gasteiger charge is -2.06. The minimum absolute atomic E-state index is 0.137. The van der Waals surface area contributed by atoms with Crippen LogP contribution < -0.4 is 16.0 Å². The zero-order valence-corrected chi connectivity index (χ0v) is 11.7. The minimum Gasteiger partial charge on any atom is -0.492 e. The van der Waals surface area contributed by atoms with Gasteiger partial charge in [-0.1, -0.05) is 28.4 Å². The molecule has 1 aromatic heterocycles. The number of benzene rings is 1. The van der Waals surface area contributed by atoms with Crippen LogP contribution in [0.1, 0.15) is 10.5 Å². The molecular formula is C11H11Cl2N5O2. The fraction of sp³-hybridized carbons (Fsp3) is 0.182. The molecule has 0 unspecified atom stereocenters. The highest BCUT2D eigenvalue weighted by Crippen LogP contribution is 2.24. The number of amides is 1. The van der Waals surface area contributed by atoms with Gasteiger partial charge in [0.05, 0.1) is 12.7 Å². The number of nitrogen functional groups attached to an aromatic ring is 1. The molecule has 2 aromatic rings. The van der Waals surface area contributed by atoms with Crippen molar-refractivity contribution in [2.75, 3.05) is 6.61 Å². The van der Waals surface area contributed by atoms with Gasteiger partial charge in [-0.15, -0.1) is 5.10 Å². The standard InChI is InChI=1S/C11H11Cl2N5O2/c12-7-3-8(13)5-9(4-7)20-2-1-18-6-10(16-17-18)11(19)15-14/h3-6H,1-2,14H2,(H,15,19). The molecule has 0 aliphatic rings. The zero-order valence-electron chi connectivity index (χ0n) is 10.2. The molecule has 1 amide bonds. The molecule has 0 saturated carbocycles. The third-order valence-electron chi connectivity index (χ3n) is 2.33. The molecule has 0 aliphatic heterocycles. The summed E-state index contributed by atoms with van der Waals surface area (Å²) in [4.78, 5) is 11.2. The van der Waals surface area contributed by atoms with Gasteiger partial charge in [0.25, 0.3) is 5.91 Å². The molecule has 2 rings (SSSR count). The van der Waals surface area contributed by atoms with Gasteiger partial charge in [0, 0.05) is 10.0 Å². The fourth-order valence-corrected chi connectivity index (χ4v) is 1.96. The number of aromatic nitrogens is 3. The molecule has 106 valence electrons. The first kappa shape index (κ1) is 14.6. The minimum atomic E-state index is -0.501. The van der Waals surface area contributed by atoms with Gasteiger partial charge in [0.15, 0.2) is 5.69 Å². The van der Waals surface area contributed by atoms with Crippen LogP contribution in [0.4, 0.5) is 0 Å². The lowest BCUT2D eigenvalue weighted by Crippen LogP contribution is -2.30. The number of hydrogen-bond donors (Lipinski definition) is 2. The van der Waals surface area contributed by atoms with E-state index in [4.69, 9.17) is 33.8 Å². The number of carbonyl (C=O) groups excluding carboxylic acids is 1. The van der Waals surface area contributed by atoms with Gasteiger partial charge >= 0.3 is 0 Å². The Kier molecular flexibility index (Phi) is 4.78. The van der Waals surface area contributed by atoms with Crippen LogP contribution in [0.15, 0.2) is 24.4 Å². The number of hydrazine groups is 1. The third kappa shape index (κ3) is 3.83. The van der Waals surface area contributed by atoms with Gasteiger partial charge in [0.1, 0.15) is 12.4 Å². The SMILES string of the molecule is NNC(=O)c1cn(CCOc2cc(Cl)cc(Cl)c2)nn1. The van der Waals surface area contributed by atoms with Crippen molar-refractivity contribution in [2.24, 2.45) is 5.84 Å². The summed E-state index contributed by atoms with van der Waals surface area (Å²) < 4.78 is 6.95. The third-order valence-corrected chi connectivity index (χ3v) is 2.76. The van der Waals surface area contributed by atoms with Crippen molar-refractivity contribution in [1.82, 2.24) is 20.4 Å². The Balaban J connectivity index is 1.89. The van der Waals surface area contributed by atoms with Crippen molar-refractivity contribution in [3.8, 4) is 5.75 Å². The maximum Gasteiger partial charge on any atom is 0.287 e. The number of nitrogens with two attached hydrogens (primary N) is 1. The first-order valence-electron chi connectivity index (χ1n) is 5.58. The van der Waals surface area contributed by atoms with Crippen molar-refractivity contribution in [3.63, 3.8) is 0 Å². The van der Waals surface area contributed by atoms with E-state index in [1.807, 2.05) is 5.43 Å². The summed E-state index contributed by atoms with van der Waals surface area (Å²) in [5, 5.41) is 8.42. The maximum absolute atomic E-state index is 11.2. The second kappa shape index (κ2) is 6.56.